The van der Waals surface area contributed by atoms with Crippen molar-refractivity contribution in [1.82, 2.24) is 41.2 Å². The monoisotopic (exact) mass is 876 g/mol. The first-order valence-corrected chi connectivity index (χ1v) is 19.5. The zero-order valence-corrected chi connectivity index (χ0v) is 37.3. The van der Waals surface area contributed by atoms with E-state index in [0.717, 1.165) is 0 Å². The molecule has 2 atom stereocenters. The molecule has 0 saturated heterocycles. The lowest BCUT2D eigenvalue weighted by molar-refractivity contribution is -0.142. The van der Waals surface area contributed by atoms with E-state index in [1.54, 1.807) is 62.3 Å². The molecular weight excluding hydrogens is 807 g/mol. The van der Waals surface area contributed by atoms with Crippen LogP contribution in [0.3, 0.4) is 0 Å². The molecule has 2 rings (SSSR count). The standard InChI is InChI=1S/C23H37N5O6.C17H28N6O4.CH4/c1-15-25-12-17(13-26-15)33-14-19(29)18(28-20(30)23(6,7)32-8)10-9-11-24-16(2)27-21(31)34-22(3,4)5;1-11-21-8-12(9-22-11)27-10-14(24)13(6-5-7-20-16(18)19)23-15(25)17(2,3)26-4;/h12-13,18,24H,2,9-11,14H2,1,3-8H3,(H,27,31)(H,28,30);8-9,13H,5-7,10H2,1-4H3,(H,23,25)(H4,18,19,20);1H4/t18-;13-;/m00./s1. The van der Waals surface area contributed by atoms with E-state index in [4.69, 9.17) is 35.2 Å². The number of aryl methyl sites for hydroxylation is 2. The number of carbonyl (C=O) groups excluding carboxylic acids is 5. The van der Waals surface area contributed by atoms with Gasteiger partial charge in [-0.1, -0.05) is 14.0 Å². The third-order valence-electron chi connectivity index (χ3n) is 8.38. The second-order valence-corrected chi connectivity index (χ2v) is 15.5. The molecule has 0 aromatic carbocycles. The quantitative estimate of drug-likeness (QED) is 0.0501. The Morgan fingerprint density at radius 3 is 1.50 bits per heavy atom. The van der Waals surface area contributed by atoms with Crippen LogP contribution in [0.1, 0.15) is 93.2 Å². The Labute approximate surface area is 365 Å². The van der Waals surface area contributed by atoms with Crippen LogP contribution in [0.4, 0.5) is 4.79 Å². The Kier molecular flexibility index (Phi) is 24.5. The van der Waals surface area contributed by atoms with Crippen LogP contribution in [0.25, 0.3) is 0 Å². The number of carbonyl (C=O) groups is 5. The first kappa shape index (κ1) is 56.0. The average Bonchev–Trinajstić information content (AvgIpc) is 3.18. The van der Waals surface area contributed by atoms with Crippen molar-refractivity contribution >= 4 is 35.4 Å². The molecule has 0 aliphatic carbocycles. The summed E-state index contributed by atoms with van der Waals surface area (Å²) in [5.41, 5.74) is 7.79. The Morgan fingerprint density at radius 2 is 1.13 bits per heavy atom. The van der Waals surface area contributed by atoms with Crippen molar-refractivity contribution < 1.29 is 47.7 Å². The highest BCUT2D eigenvalue weighted by molar-refractivity contribution is 5.93. The number of nitrogens with two attached hydrogens (primary N) is 2. The van der Waals surface area contributed by atoms with Crippen molar-refractivity contribution in [2.75, 3.05) is 40.5 Å². The third kappa shape index (κ3) is 23.1. The lowest BCUT2D eigenvalue weighted by Crippen LogP contribution is -2.51. The zero-order valence-electron chi connectivity index (χ0n) is 37.3. The maximum Gasteiger partial charge on any atom is 0.413 e. The molecule has 2 aromatic heterocycles. The number of methoxy groups -OCH3 is 2. The Bertz CT molecular complexity index is 1760. The first-order valence-electron chi connectivity index (χ1n) is 19.5. The number of hydrogen-bond acceptors (Lipinski definition) is 16. The SMILES string of the molecule is C.C=C(NCCC[C@H](NC(=O)C(C)(C)OC)C(=O)COc1cnc(C)nc1)NC(=O)OC(C)(C)C.COC(C)(C)C(=O)N[C@@H](CCCN=C(N)N)C(=O)COc1cnc(C)nc1. The second-order valence-electron chi connectivity index (χ2n) is 15.5. The summed E-state index contributed by atoms with van der Waals surface area (Å²) < 4.78 is 26.4. The van der Waals surface area contributed by atoms with Gasteiger partial charge in [-0.2, -0.15) is 0 Å². The van der Waals surface area contributed by atoms with Gasteiger partial charge in [0.25, 0.3) is 11.8 Å². The number of nitrogens with zero attached hydrogens (tertiary/aromatic N) is 5. The highest BCUT2D eigenvalue weighted by Gasteiger charge is 2.32. The van der Waals surface area contributed by atoms with Crippen LogP contribution in [-0.2, 0) is 33.4 Å². The number of nitrogens with one attached hydrogen (secondary N) is 4. The summed E-state index contributed by atoms with van der Waals surface area (Å²) >= 11 is 0. The van der Waals surface area contributed by atoms with Crippen molar-refractivity contribution in [1.29, 1.82) is 0 Å². The minimum Gasteiger partial charge on any atom is -0.483 e. The predicted molar refractivity (Wildman–Crippen MR) is 233 cm³/mol. The van der Waals surface area contributed by atoms with Crippen molar-refractivity contribution in [2.24, 2.45) is 16.5 Å². The number of aromatic nitrogens is 4. The summed E-state index contributed by atoms with van der Waals surface area (Å²) in [6, 6.07) is -1.56. The van der Waals surface area contributed by atoms with Crippen LogP contribution < -0.4 is 42.2 Å². The van der Waals surface area contributed by atoms with Crippen LogP contribution in [0, 0.1) is 13.8 Å². The molecular formula is C41H69N11O10. The van der Waals surface area contributed by atoms with Gasteiger partial charge in [-0.05, 0) is 88.0 Å². The molecule has 0 bridgehead atoms. The van der Waals surface area contributed by atoms with E-state index in [1.807, 2.05) is 0 Å². The fourth-order valence-electron chi connectivity index (χ4n) is 4.42. The van der Waals surface area contributed by atoms with E-state index >= 15 is 0 Å². The predicted octanol–water partition coefficient (Wildman–Crippen LogP) is 2.34. The number of rotatable bonds is 24. The van der Waals surface area contributed by atoms with Gasteiger partial charge in [0.15, 0.2) is 29.0 Å². The van der Waals surface area contributed by atoms with E-state index in [1.165, 1.54) is 39.0 Å². The Balaban J connectivity index is 0.00000121. The number of guanidine groups is 1. The Morgan fingerprint density at radius 1 is 0.726 bits per heavy atom. The number of alkyl carbamates (subject to hydrolysis) is 1. The van der Waals surface area contributed by atoms with E-state index in [9.17, 15) is 24.0 Å². The topological polar surface area (TPSA) is 296 Å². The summed E-state index contributed by atoms with van der Waals surface area (Å²) in [5.74, 6) is 0.729. The van der Waals surface area contributed by atoms with Gasteiger partial charge in [-0.25, -0.2) is 24.7 Å². The molecule has 0 fully saturated rings. The van der Waals surface area contributed by atoms with Crippen LogP contribution in [0.2, 0.25) is 0 Å². The van der Waals surface area contributed by atoms with E-state index in [-0.39, 0.29) is 44.0 Å². The molecule has 0 spiro atoms. The molecule has 0 radical (unpaired) electrons. The van der Waals surface area contributed by atoms with Gasteiger partial charge in [-0.15, -0.1) is 0 Å². The number of hydrogen-bond donors (Lipinski definition) is 6. The smallest absolute Gasteiger partial charge is 0.413 e. The van der Waals surface area contributed by atoms with Crippen molar-refractivity contribution in [3.63, 3.8) is 0 Å². The highest BCUT2D eigenvalue weighted by Crippen LogP contribution is 2.13. The molecule has 3 amide bonds. The summed E-state index contributed by atoms with van der Waals surface area (Å²) in [7, 11) is 2.85. The molecule has 0 saturated carbocycles. The van der Waals surface area contributed by atoms with Gasteiger partial charge >= 0.3 is 6.09 Å². The number of aliphatic imine (C=N–C) groups is 1. The first-order chi connectivity index (χ1) is 28.4. The average molecular weight is 876 g/mol. The summed E-state index contributed by atoms with van der Waals surface area (Å²) in [5, 5.41) is 10.9. The summed E-state index contributed by atoms with van der Waals surface area (Å²) in [6.45, 7) is 19.2. The fourth-order valence-corrected chi connectivity index (χ4v) is 4.42. The van der Waals surface area contributed by atoms with Crippen LogP contribution in [-0.4, -0.2) is 125 Å². The largest absolute Gasteiger partial charge is 0.483 e. The van der Waals surface area contributed by atoms with Crippen LogP contribution in [0.15, 0.2) is 42.2 Å². The number of ketones is 2. The maximum absolute atomic E-state index is 12.8. The van der Waals surface area contributed by atoms with Crippen LogP contribution >= 0.6 is 0 Å². The molecule has 8 N–H and O–H groups in total. The molecule has 62 heavy (non-hydrogen) atoms. The molecule has 0 aliphatic rings. The van der Waals surface area contributed by atoms with Crippen molar-refractivity contribution in [3.05, 3.63) is 48.8 Å². The molecule has 0 aliphatic heterocycles. The van der Waals surface area contributed by atoms with Crippen molar-refractivity contribution in [2.45, 2.75) is 124 Å². The lowest BCUT2D eigenvalue weighted by Gasteiger charge is -2.26. The minimum absolute atomic E-state index is 0. The van der Waals surface area contributed by atoms with Gasteiger partial charge in [-0.3, -0.25) is 29.5 Å². The number of Topliss-reactive ketones (excluding diaryl/α,β-unsaturated/α-hetero) is 2. The van der Waals surface area contributed by atoms with Crippen LogP contribution in [0.5, 0.6) is 11.5 Å². The number of amides is 3. The highest BCUT2D eigenvalue weighted by atomic mass is 16.6. The Hall–Kier alpha value is -5.96. The van der Waals surface area contributed by atoms with Gasteiger partial charge in [0.2, 0.25) is 0 Å². The van der Waals surface area contributed by atoms with E-state index < -0.39 is 46.8 Å². The molecule has 0 unspecified atom stereocenters. The maximum atomic E-state index is 12.8. The summed E-state index contributed by atoms with van der Waals surface area (Å²) in [4.78, 5) is 82.0. The zero-order chi connectivity index (χ0) is 46.4. The summed E-state index contributed by atoms with van der Waals surface area (Å²) in [6.07, 6.45) is 6.98. The lowest BCUT2D eigenvalue weighted by atomic mass is 10.0. The van der Waals surface area contributed by atoms with E-state index in [0.29, 0.717) is 61.9 Å². The second kappa shape index (κ2) is 27.1. The molecule has 21 heteroatoms. The fraction of sp³-hybridized carbons (Fsp3) is 0.610. The molecule has 2 aromatic rings. The molecule has 348 valence electrons. The third-order valence-corrected chi connectivity index (χ3v) is 8.38. The molecule has 2 heterocycles. The van der Waals surface area contributed by atoms with Gasteiger partial charge in [0.05, 0.1) is 36.9 Å². The minimum atomic E-state index is -1.10. The number of ether oxygens (including phenoxy) is 5. The molecule has 21 nitrogen and oxygen atoms in total. The normalized spacial score (nSPS) is 12.0. The van der Waals surface area contributed by atoms with Crippen molar-refractivity contribution in [3.8, 4) is 11.5 Å². The van der Waals surface area contributed by atoms with E-state index in [2.05, 4.69) is 52.8 Å². The van der Waals surface area contributed by atoms with Gasteiger partial charge in [0.1, 0.15) is 47.5 Å². The van der Waals surface area contributed by atoms with Gasteiger partial charge < -0.3 is 51.1 Å². The van der Waals surface area contributed by atoms with Gasteiger partial charge in [0, 0.05) is 27.3 Å².